The molecule has 0 fully saturated rings. The summed E-state index contributed by atoms with van der Waals surface area (Å²) in [5.41, 5.74) is -0.674. The SMILES string of the molecule is CCc1c(O)n(C)c(=O)n(C)c1=O. The van der Waals surface area contributed by atoms with Crippen molar-refractivity contribution in [2.24, 2.45) is 14.1 Å². The molecule has 0 spiro atoms. The van der Waals surface area contributed by atoms with Gasteiger partial charge in [0.05, 0.1) is 5.56 Å². The first-order valence-corrected chi connectivity index (χ1v) is 3.98. The molecule has 0 amide bonds. The van der Waals surface area contributed by atoms with Crippen LogP contribution in [-0.4, -0.2) is 14.2 Å². The van der Waals surface area contributed by atoms with E-state index in [2.05, 4.69) is 0 Å². The molecule has 72 valence electrons. The van der Waals surface area contributed by atoms with Gasteiger partial charge in [0.1, 0.15) is 0 Å². The summed E-state index contributed by atoms with van der Waals surface area (Å²) >= 11 is 0. The summed E-state index contributed by atoms with van der Waals surface area (Å²) < 4.78 is 2.04. The topological polar surface area (TPSA) is 64.2 Å². The molecule has 0 radical (unpaired) electrons. The molecule has 0 aromatic carbocycles. The first-order valence-electron chi connectivity index (χ1n) is 3.98. The maximum Gasteiger partial charge on any atom is 0.333 e. The molecule has 0 aliphatic heterocycles. The van der Waals surface area contributed by atoms with E-state index in [0.29, 0.717) is 6.42 Å². The Kier molecular flexibility index (Phi) is 2.27. The van der Waals surface area contributed by atoms with Crippen molar-refractivity contribution in [3.63, 3.8) is 0 Å². The maximum atomic E-state index is 11.4. The number of hydrogen-bond donors (Lipinski definition) is 1. The van der Waals surface area contributed by atoms with E-state index < -0.39 is 11.2 Å². The van der Waals surface area contributed by atoms with Crippen LogP contribution in [0.15, 0.2) is 9.59 Å². The Hall–Kier alpha value is -1.52. The monoisotopic (exact) mass is 184 g/mol. The van der Waals surface area contributed by atoms with Crippen LogP contribution in [0.5, 0.6) is 5.88 Å². The lowest BCUT2D eigenvalue weighted by molar-refractivity contribution is 0.404. The molecule has 1 aromatic heterocycles. The van der Waals surface area contributed by atoms with Crippen LogP contribution >= 0.6 is 0 Å². The van der Waals surface area contributed by atoms with E-state index in [1.165, 1.54) is 14.1 Å². The third-order valence-electron chi connectivity index (χ3n) is 2.08. The van der Waals surface area contributed by atoms with Crippen molar-refractivity contribution < 1.29 is 5.11 Å². The molecule has 5 nitrogen and oxygen atoms in total. The lowest BCUT2D eigenvalue weighted by Crippen LogP contribution is -2.38. The molecule has 0 atom stereocenters. The first kappa shape index (κ1) is 9.57. The van der Waals surface area contributed by atoms with Gasteiger partial charge in [0, 0.05) is 14.1 Å². The molecule has 0 aliphatic carbocycles. The van der Waals surface area contributed by atoms with E-state index in [-0.39, 0.29) is 11.4 Å². The van der Waals surface area contributed by atoms with Crippen molar-refractivity contribution in [3.8, 4) is 5.88 Å². The zero-order valence-corrected chi connectivity index (χ0v) is 7.87. The van der Waals surface area contributed by atoms with Crippen LogP contribution in [0.25, 0.3) is 0 Å². The van der Waals surface area contributed by atoms with Gasteiger partial charge in [-0.05, 0) is 6.42 Å². The minimum absolute atomic E-state index is 0.240. The lowest BCUT2D eigenvalue weighted by atomic mass is 10.2. The highest BCUT2D eigenvalue weighted by Crippen LogP contribution is 2.08. The predicted octanol–water partition coefficient (Wildman–Crippen LogP) is -0.648. The Balaban J connectivity index is 3.78. The predicted molar refractivity (Wildman–Crippen MR) is 48.0 cm³/mol. The van der Waals surface area contributed by atoms with E-state index in [9.17, 15) is 14.7 Å². The van der Waals surface area contributed by atoms with Crippen molar-refractivity contribution in [2.75, 3.05) is 0 Å². The summed E-state index contributed by atoms with van der Waals surface area (Å²) in [4.78, 5) is 22.6. The van der Waals surface area contributed by atoms with Crippen molar-refractivity contribution >= 4 is 0 Å². The number of aromatic hydroxyl groups is 1. The van der Waals surface area contributed by atoms with Gasteiger partial charge >= 0.3 is 5.69 Å². The standard InChI is InChI=1S/C8H12N2O3/c1-4-5-6(11)9(2)8(13)10(3)7(5)12/h11H,4H2,1-3H3. The smallest absolute Gasteiger partial charge is 0.333 e. The molecule has 0 unspecified atom stereocenters. The molecule has 0 saturated heterocycles. The van der Waals surface area contributed by atoms with Crippen LogP contribution in [0, 0.1) is 0 Å². The molecule has 5 heteroatoms. The van der Waals surface area contributed by atoms with Gasteiger partial charge in [0.2, 0.25) is 5.88 Å². The second-order valence-corrected chi connectivity index (χ2v) is 2.86. The van der Waals surface area contributed by atoms with Gasteiger partial charge in [-0.2, -0.15) is 0 Å². The molecule has 1 aromatic rings. The van der Waals surface area contributed by atoms with Gasteiger partial charge < -0.3 is 5.11 Å². The van der Waals surface area contributed by atoms with Gasteiger partial charge in [0.25, 0.3) is 5.56 Å². The van der Waals surface area contributed by atoms with E-state index in [4.69, 9.17) is 0 Å². The maximum absolute atomic E-state index is 11.4. The van der Waals surface area contributed by atoms with E-state index in [1.807, 2.05) is 0 Å². The largest absolute Gasteiger partial charge is 0.494 e. The number of aromatic nitrogens is 2. The summed E-state index contributed by atoms with van der Waals surface area (Å²) in [7, 11) is 2.82. The third kappa shape index (κ3) is 1.26. The molecule has 1 N–H and O–H groups in total. The molecule has 1 heterocycles. The molecule has 0 aliphatic rings. The van der Waals surface area contributed by atoms with Crippen molar-refractivity contribution in [1.82, 2.24) is 9.13 Å². The van der Waals surface area contributed by atoms with Crippen molar-refractivity contribution in [3.05, 3.63) is 26.4 Å². The molecule has 13 heavy (non-hydrogen) atoms. The van der Waals surface area contributed by atoms with Gasteiger partial charge in [-0.25, -0.2) is 4.79 Å². The summed E-state index contributed by atoms with van der Waals surface area (Å²) in [6.07, 6.45) is 0.409. The average molecular weight is 184 g/mol. The first-order chi connectivity index (χ1) is 6.00. The third-order valence-corrected chi connectivity index (χ3v) is 2.08. The molecule has 0 bridgehead atoms. The molecular weight excluding hydrogens is 172 g/mol. The van der Waals surface area contributed by atoms with Crippen LogP contribution in [-0.2, 0) is 20.5 Å². The van der Waals surface area contributed by atoms with Gasteiger partial charge in [-0.3, -0.25) is 13.9 Å². The highest BCUT2D eigenvalue weighted by Gasteiger charge is 2.11. The van der Waals surface area contributed by atoms with Gasteiger partial charge in [0.15, 0.2) is 0 Å². The highest BCUT2D eigenvalue weighted by molar-refractivity contribution is 5.22. The van der Waals surface area contributed by atoms with Crippen LogP contribution < -0.4 is 11.2 Å². The quantitative estimate of drug-likeness (QED) is 0.631. The number of rotatable bonds is 1. The second-order valence-electron chi connectivity index (χ2n) is 2.86. The minimum Gasteiger partial charge on any atom is -0.494 e. The normalized spacial score (nSPS) is 10.4. The zero-order chi connectivity index (χ0) is 10.2. The Labute approximate surface area is 74.9 Å². The molecular formula is C8H12N2O3. The lowest BCUT2D eigenvalue weighted by Gasteiger charge is -2.07. The Bertz CT molecular complexity index is 442. The highest BCUT2D eigenvalue weighted by atomic mass is 16.3. The summed E-state index contributed by atoms with van der Waals surface area (Å²) in [5.74, 6) is -0.240. The van der Waals surface area contributed by atoms with Crippen LogP contribution in [0.1, 0.15) is 12.5 Å². The summed E-state index contributed by atoms with van der Waals surface area (Å²) in [5, 5.41) is 9.43. The summed E-state index contributed by atoms with van der Waals surface area (Å²) in [6.45, 7) is 1.75. The van der Waals surface area contributed by atoms with Crippen LogP contribution in [0.2, 0.25) is 0 Å². The molecule has 0 saturated carbocycles. The van der Waals surface area contributed by atoms with Crippen LogP contribution in [0.3, 0.4) is 0 Å². The fraction of sp³-hybridized carbons (Fsp3) is 0.500. The van der Waals surface area contributed by atoms with E-state index >= 15 is 0 Å². The summed E-state index contributed by atoms with van der Waals surface area (Å²) in [6, 6.07) is 0. The van der Waals surface area contributed by atoms with Crippen molar-refractivity contribution in [1.29, 1.82) is 0 Å². The number of hydrogen-bond acceptors (Lipinski definition) is 3. The Morgan fingerprint density at radius 3 is 2.23 bits per heavy atom. The van der Waals surface area contributed by atoms with E-state index in [0.717, 1.165) is 9.13 Å². The fourth-order valence-corrected chi connectivity index (χ4v) is 1.21. The fourth-order valence-electron chi connectivity index (χ4n) is 1.21. The van der Waals surface area contributed by atoms with Crippen LogP contribution in [0.4, 0.5) is 0 Å². The Morgan fingerprint density at radius 1 is 1.23 bits per heavy atom. The van der Waals surface area contributed by atoms with Gasteiger partial charge in [-0.1, -0.05) is 6.92 Å². The number of nitrogens with zero attached hydrogens (tertiary/aromatic N) is 2. The minimum atomic E-state index is -0.514. The Morgan fingerprint density at radius 2 is 1.77 bits per heavy atom. The van der Waals surface area contributed by atoms with E-state index in [1.54, 1.807) is 6.92 Å². The second kappa shape index (κ2) is 3.08. The van der Waals surface area contributed by atoms with Gasteiger partial charge in [-0.15, -0.1) is 0 Å². The molecule has 1 rings (SSSR count). The average Bonchev–Trinajstić information content (AvgIpc) is 2.13. The van der Waals surface area contributed by atoms with Crippen molar-refractivity contribution in [2.45, 2.75) is 13.3 Å². The zero-order valence-electron chi connectivity index (χ0n) is 7.87.